The lowest BCUT2D eigenvalue weighted by Gasteiger charge is -2.32. The molecular formula is C24H30N2O4. The highest BCUT2D eigenvalue weighted by atomic mass is 16.5. The molecule has 1 fully saturated rings. The van der Waals surface area contributed by atoms with Gasteiger partial charge in [0.05, 0.1) is 13.2 Å². The Morgan fingerprint density at radius 2 is 1.83 bits per heavy atom. The molecule has 3 heterocycles. The van der Waals surface area contributed by atoms with Crippen LogP contribution in [0.5, 0.6) is 5.75 Å². The summed E-state index contributed by atoms with van der Waals surface area (Å²) in [5.74, 6) is 1.52. The van der Waals surface area contributed by atoms with Crippen LogP contribution in [0.2, 0.25) is 0 Å². The Morgan fingerprint density at radius 1 is 1.17 bits per heavy atom. The molecule has 0 N–H and O–H groups in total. The van der Waals surface area contributed by atoms with E-state index in [1.165, 1.54) is 17.4 Å². The van der Waals surface area contributed by atoms with Gasteiger partial charge < -0.3 is 14.1 Å². The number of likely N-dealkylation sites (tertiary alicyclic amines) is 1. The van der Waals surface area contributed by atoms with Gasteiger partial charge in [-0.05, 0) is 29.9 Å². The van der Waals surface area contributed by atoms with Crippen LogP contribution in [0.1, 0.15) is 43.6 Å². The van der Waals surface area contributed by atoms with Crippen LogP contribution in [0.3, 0.4) is 0 Å². The summed E-state index contributed by atoms with van der Waals surface area (Å²) in [5, 5.41) is 0. The molecule has 1 amide bonds. The van der Waals surface area contributed by atoms with E-state index < -0.39 is 0 Å². The first-order valence-electron chi connectivity index (χ1n) is 10.8. The summed E-state index contributed by atoms with van der Waals surface area (Å²) >= 11 is 0. The minimum Gasteiger partial charge on any atom is -0.486 e. The van der Waals surface area contributed by atoms with Gasteiger partial charge in [0.1, 0.15) is 12.0 Å². The average molecular weight is 411 g/mol. The zero-order chi connectivity index (χ0) is 21.1. The number of amides is 1. The second kappa shape index (κ2) is 9.04. The number of rotatable bonds is 6. The molecule has 0 unspecified atom stereocenters. The van der Waals surface area contributed by atoms with Gasteiger partial charge in [-0.1, -0.05) is 38.1 Å². The van der Waals surface area contributed by atoms with Crippen molar-refractivity contribution in [3.05, 3.63) is 63.7 Å². The lowest BCUT2D eigenvalue weighted by molar-refractivity contribution is -0.136. The van der Waals surface area contributed by atoms with Crippen molar-refractivity contribution in [2.45, 2.75) is 46.3 Å². The quantitative estimate of drug-likeness (QED) is 0.730. The van der Waals surface area contributed by atoms with Crippen molar-refractivity contribution in [1.29, 1.82) is 0 Å². The first-order chi connectivity index (χ1) is 14.5. The molecule has 1 aromatic heterocycles. The lowest BCUT2D eigenvalue weighted by atomic mass is 9.97. The second-order valence-corrected chi connectivity index (χ2v) is 8.72. The van der Waals surface area contributed by atoms with Crippen molar-refractivity contribution < 1.29 is 13.9 Å². The summed E-state index contributed by atoms with van der Waals surface area (Å²) in [7, 11) is 0. The molecule has 2 aliphatic heterocycles. The predicted octanol–water partition coefficient (Wildman–Crippen LogP) is 3.43. The highest BCUT2D eigenvalue weighted by Gasteiger charge is 2.25. The third-order valence-electron chi connectivity index (χ3n) is 6.03. The van der Waals surface area contributed by atoms with Crippen LogP contribution >= 0.6 is 0 Å². The lowest BCUT2D eigenvalue weighted by Crippen LogP contribution is -2.41. The number of carbonyl (C=O) groups is 1. The topological polar surface area (TPSA) is 63.0 Å². The molecule has 6 heteroatoms. The third kappa shape index (κ3) is 4.75. The predicted molar refractivity (Wildman–Crippen MR) is 114 cm³/mol. The standard InChI is InChI=1S/C24H30N2O4/c1-17(2)24(28)26-9-7-18(8-10-26)15-30-23-16-29-21(11-22(23)27)14-25-12-19-5-3-4-6-20(19)13-25/h3-6,11,16-18H,7-10,12-15H2,1-2H3. The molecule has 1 saturated heterocycles. The molecule has 0 spiro atoms. The first-order valence-corrected chi connectivity index (χ1v) is 10.8. The summed E-state index contributed by atoms with van der Waals surface area (Å²) in [4.78, 5) is 28.7. The Kier molecular flexibility index (Phi) is 6.23. The van der Waals surface area contributed by atoms with E-state index in [0.29, 0.717) is 24.8 Å². The third-order valence-corrected chi connectivity index (χ3v) is 6.03. The zero-order valence-electron chi connectivity index (χ0n) is 17.8. The summed E-state index contributed by atoms with van der Waals surface area (Å²) in [6, 6.07) is 9.95. The van der Waals surface area contributed by atoms with Crippen molar-refractivity contribution in [2.75, 3.05) is 19.7 Å². The largest absolute Gasteiger partial charge is 0.486 e. The average Bonchev–Trinajstić information content (AvgIpc) is 3.15. The maximum Gasteiger partial charge on any atom is 0.227 e. The maximum absolute atomic E-state index is 12.5. The van der Waals surface area contributed by atoms with Gasteiger partial charge in [-0.15, -0.1) is 0 Å². The first kappa shape index (κ1) is 20.7. The molecule has 4 rings (SSSR count). The molecule has 160 valence electrons. The number of nitrogens with zero attached hydrogens (tertiary/aromatic N) is 2. The van der Waals surface area contributed by atoms with Crippen molar-refractivity contribution >= 4 is 5.91 Å². The van der Waals surface area contributed by atoms with E-state index in [4.69, 9.17) is 9.15 Å². The van der Waals surface area contributed by atoms with Crippen molar-refractivity contribution in [3.8, 4) is 5.75 Å². The van der Waals surface area contributed by atoms with Crippen LogP contribution in [0.25, 0.3) is 0 Å². The number of fused-ring (bicyclic) bond motifs is 1. The van der Waals surface area contributed by atoms with E-state index in [-0.39, 0.29) is 23.0 Å². The number of piperidine rings is 1. The fourth-order valence-corrected chi connectivity index (χ4v) is 4.26. The summed E-state index contributed by atoms with van der Waals surface area (Å²) in [5.41, 5.74) is 2.53. The monoisotopic (exact) mass is 410 g/mol. The molecule has 0 aliphatic carbocycles. The fraction of sp³-hybridized carbons (Fsp3) is 0.500. The minimum atomic E-state index is -0.139. The Hall–Kier alpha value is -2.60. The van der Waals surface area contributed by atoms with E-state index in [0.717, 1.165) is 39.0 Å². The SMILES string of the molecule is CC(C)C(=O)N1CCC(COc2coc(CN3Cc4ccccc4C3)cc2=O)CC1. The van der Waals surface area contributed by atoms with Crippen LogP contribution in [0.4, 0.5) is 0 Å². The van der Waals surface area contributed by atoms with E-state index in [1.807, 2.05) is 18.7 Å². The molecule has 0 bridgehead atoms. The van der Waals surface area contributed by atoms with Gasteiger partial charge in [-0.2, -0.15) is 0 Å². The zero-order valence-corrected chi connectivity index (χ0v) is 17.8. The van der Waals surface area contributed by atoms with Crippen molar-refractivity contribution in [2.24, 2.45) is 11.8 Å². The van der Waals surface area contributed by atoms with Crippen LogP contribution in [0.15, 0.2) is 45.8 Å². The van der Waals surface area contributed by atoms with E-state index in [1.54, 1.807) is 6.07 Å². The molecule has 0 atom stereocenters. The number of carbonyl (C=O) groups excluding carboxylic acids is 1. The molecular weight excluding hydrogens is 380 g/mol. The van der Waals surface area contributed by atoms with Gasteiger partial charge in [-0.25, -0.2) is 0 Å². The van der Waals surface area contributed by atoms with Crippen LogP contribution in [-0.4, -0.2) is 35.4 Å². The van der Waals surface area contributed by atoms with Gasteiger partial charge in [-0.3, -0.25) is 14.5 Å². The van der Waals surface area contributed by atoms with E-state index in [2.05, 4.69) is 29.2 Å². The maximum atomic E-state index is 12.5. The molecule has 0 radical (unpaired) electrons. The molecule has 0 saturated carbocycles. The van der Waals surface area contributed by atoms with E-state index >= 15 is 0 Å². The van der Waals surface area contributed by atoms with Crippen LogP contribution < -0.4 is 10.2 Å². The van der Waals surface area contributed by atoms with Gasteiger partial charge >= 0.3 is 0 Å². The van der Waals surface area contributed by atoms with Crippen LogP contribution in [-0.2, 0) is 24.4 Å². The Morgan fingerprint density at radius 3 is 2.43 bits per heavy atom. The Labute approximate surface area is 177 Å². The smallest absolute Gasteiger partial charge is 0.227 e. The Bertz CT molecular complexity index is 919. The molecule has 30 heavy (non-hydrogen) atoms. The fourth-order valence-electron chi connectivity index (χ4n) is 4.26. The number of hydrogen-bond acceptors (Lipinski definition) is 5. The summed E-state index contributed by atoms with van der Waals surface area (Å²) in [6.07, 6.45) is 3.24. The highest BCUT2D eigenvalue weighted by Crippen LogP contribution is 2.24. The number of ether oxygens (including phenoxy) is 1. The second-order valence-electron chi connectivity index (χ2n) is 8.72. The number of benzene rings is 1. The minimum absolute atomic E-state index is 0.0377. The van der Waals surface area contributed by atoms with Gasteiger partial charge in [0.25, 0.3) is 0 Å². The summed E-state index contributed by atoms with van der Waals surface area (Å²) < 4.78 is 11.5. The summed E-state index contributed by atoms with van der Waals surface area (Å²) in [6.45, 7) is 8.22. The molecule has 1 aromatic carbocycles. The molecule has 6 nitrogen and oxygen atoms in total. The van der Waals surface area contributed by atoms with Gasteiger partial charge in [0.2, 0.25) is 17.1 Å². The van der Waals surface area contributed by atoms with Gasteiger partial charge in [0, 0.05) is 38.2 Å². The van der Waals surface area contributed by atoms with Crippen LogP contribution in [0, 0.1) is 11.8 Å². The van der Waals surface area contributed by atoms with Gasteiger partial charge in [0.15, 0.2) is 0 Å². The normalized spacial score (nSPS) is 17.4. The van der Waals surface area contributed by atoms with Crippen molar-refractivity contribution in [3.63, 3.8) is 0 Å². The van der Waals surface area contributed by atoms with E-state index in [9.17, 15) is 9.59 Å². The number of hydrogen-bond donors (Lipinski definition) is 0. The highest BCUT2D eigenvalue weighted by molar-refractivity contribution is 5.78. The molecule has 2 aliphatic rings. The van der Waals surface area contributed by atoms with Crippen molar-refractivity contribution in [1.82, 2.24) is 9.80 Å². The Balaban J connectivity index is 1.26. The molecule has 2 aromatic rings.